The van der Waals surface area contributed by atoms with Crippen molar-refractivity contribution < 1.29 is 14.3 Å². The van der Waals surface area contributed by atoms with Crippen LogP contribution in [-0.4, -0.2) is 19.1 Å². The van der Waals surface area contributed by atoms with Crippen molar-refractivity contribution in [3.8, 4) is 11.5 Å². The van der Waals surface area contributed by atoms with Crippen LogP contribution >= 0.6 is 15.9 Å². The minimum atomic E-state index is -0.203. The zero-order chi connectivity index (χ0) is 19.1. The molecule has 0 aliphatic rings. The summed E-state index contributed by atoms with van der Waals surface area (Å²) in [5.41, 5.74) is 2.68. The first-order valence-corrected chi connectivity index (χ1v) is 9.56. The molecule has 26 heavy (non-hydrogen) atoms. The van der Waals surface area contributed by atoms with Gasteiger partial charge in [0.05, 0.1) is 6.61 Å². The molecule has 0 unspecified atom stereocenters. The van der Waals surface area contributed by atoms with Gasteiger partial charge < -0.3 is 14.8 Å². The summed E-state index contributed by atoms with van der Waals surface area (Å²) in [4.78, 5) is 12.2. The third-order valence-corrected chi connectivity index (χ3v) is 4.31. The van der Waals surface area contributed by atoms with Crippen molar-refractivity contribution in [3.63, 3.8) is 0 Å². The van der Waals surface area contributed by atoms with Crippen LogP contribution in [0.5, 0.6) is 11.5 Å². The fraction of sp³-hybridized carbons (Fsp3) is 0.381. The van der Waals surface area contributed by atoms with Crippen LogP contribution in [0, 0.1) is 19.8 Å². The Hall–Kier alpha value is -2.01. The highest BCUT2D eigenvalue weighted by Gasteiger charge is 2.09. The van der Waals surface area contributed by atoms with Crippen molar-refractivity contribution in [1.29, 1.82) is 0 Å². The van der Waals surface area contributed by atoms with E-state index in [9.17, 15) is 4.79 Å². The standard InChI is InChI=1S/C21H26BrNO3/c1-14(2)8-9-25-19-7-5-6-18(12-19)23-20(24)13-26-21-15(3)10-17(22)11-16(21)4/h5-7,10-12,14H,8-9,13H2,1-4H3,(H,23,24). The molecule has 0 aliphatic carbocycles. The number of anilines is 1. The molecule has 0 saturated carbocycles. The summed E-state index contributed by atoms with van der Waals surface area (Å²) in [6.07, 6.45) is 0.996. The van der Waals surface area contributed by atoms with Gasteiger partial charge in [-0.1, -0.05) is 35.8 Å². The van der Waals surface area contributed by atoms with Crippen LogP contribution in [-0.2, 0) is 4.79 Å². The molecule has 2 aromatic rings. The fourth-order valence-corrected chi connectivity index (χ4v) is 3.22. The predicted molar refractivity (Wildman–Crippen MR) is 109 cm³/mol. The number of carbonyl (C=O) groups excluding carboxylic acids is 1. The number of amides is 1. The van der Waals surface area contributed by atoms with Crippen LogP contribution in [0.1, 0.15) is 31.4 Å². The first-order valence-electron chi connectivity index (χ1n) is 8.77. The van der Waals surface area contributed by atoms with Gasteiger partial charge in [0.2, 0.25) is 0 Å². The Morgan fingerprint density at radius 3 is 2.46 bits per heavy atom. The number of ether oxygens (including phenoxy) is 2. The van der Waals surface area contributed by atoms with Gasteiger partial charge in [-0.25, -0.2) is 0 Å². The summed E-state index contributed by atoms with van der Waals surface area (Å²) in [5, 5.41) is 2.85. The van der Waals surface area contributed by atoms with Crippen LogP contribution in [0.25, 0.3) is 0 Å². The number of halogens is 1. The van der Waals surface area contributed by atoms with E-state index in [2.05, 4.69) is 35.1 Å². The number of hydrogen-bond donors (Lipinski definition) is 1. The molecule has 0 aliphatic heterocycles. The number of benzene rings is 2. The maximum absolute atomic E-state index is 12.2. The first-order chi connectivity index (χ1) is 12.3. The van der Waals surface area contributed by atoms with Crippen molar-refractivity contribution in [2.45, 2.75) is 34.1 Å². The summed E-state index contributed by atoms with van der Waals surface area (Å²) in [7, 11) is 0. The second-order valence-electron chi connectivity index (χ2n) is 6.76. The van der Waals surface area contributed by atoms with E-state index in [1.54, 1.807) is 0 Å². The number of carbonyl (C=O) groups is 1. The van der Waals surface area contributed by atoms with E-state index >= 15 is 0 Å². The molecule has 0 radical (unpaired) electrons. The second kappa shape index (κ2) is 9.62. The Kier molecular flexibility index (Phi) is 7.51. The quantitative estimate of drug-likeness (QED) is 0.613. The van der Waals surface area contributed by atoms with E-state index in [1.165, 1.54) is 0 Å². The molecule has 0 aromatic heterocycles. The second-order valence-corrected chi connectivity index (χ2v) is 7.68. The molecule has 0 bridgehead atoms. The van der Waals surface area contributed by atoms with Crippen LogP contribution in [0.2, 0.25) is 0 Å². The lowest BCUT2D eigenvalue weighted by Crippen LogP contribution is -2.20. The van der Waals surface area contributed by atoms with E-state index in [0.717, 1.165) is 33.5 Å². The summed E-state index contributed by atoms with van der Waals surface area (Å²) in [6.45, 7) is 8.87. The van der Waals surface area contributed by atoms with E-state index in [1.807, 2.05) is 50.2 Å². The van der Waals surface area contributed by atoms with Crippen molar-refractivity contribution >= 4 is 27.5 Å². The predicted octanol–water partition coefficient (Wildman–Crippen LogP) is 5.51. The number of rotatable bonds is 8. The molecule has 0 atom stereocenters. The van der Waals surface area contributed by atoms with Crippen molar-refractivity contribution in [2.24, 2.45) is 5.92 Å². The Bertz CT molecular complexity index is 736. The summed E-state index contributed by atoms with van der Waals surface area (Å²) in [6, 6.07) is 11.4. The molecule has 0 saturated heterocycles. The highest BCUT2D eigenvalue weighted by molar-refractivity contribution is 9.10. The lowest BCUT2D eigenvalue weighted by Gasteiger charge is -2.13. The van der Waals surface area contributed by atoms with Crippen LogP contribution in [0.4, 0.5) is 5.69 Å². The Morgan fingerprint density at radius 1 is 1.12 bits per heavy atom. The third kappa shape index (κ3) is 6.37. The molecule has 5 heteroatoms. The summed E-state index contributed by atoms with van der Waals surface area (Å²) >= 11 is 3.46. The molecular weight excluding hydrogens is 394 g/mol. The molecule has 2 aromatic carbocycles. The van der Waals surface area contributed by atoms with Crippen molar-refractivity contribution in [3.05, 3.63) is 52.0 Å². The third-order valence-electron chi connectivity index (χ3n) is 3.85. The Labute approximate surface area is 164 Å². The van der Waals surface area contributed by atoms with Gasteiger partial charge in [-0.2, -0.15) is 0 Å². The monoisotopic (exact) mass is 419 g/mol. The van der Waals surface area contributed by atoms with Gasteiger partial charge in [0.1, 0.15) is 11.5 Å². The van der Waals surface area contributed by atoms with Gasteiger partial charge in [0, 0.05) is 16.2 Å². The minimum Gasteiger partial charge on any atom is -0.494 e. The molecule has 1 N–H and O–H groups in total. The Balaban J connectivity index is 1.90. The summed E-state index contributed by atoms with van der Waals surface area (Å²) in [5.74, 6) is 1.89. The van der Waals surface area contributed by atoms with Gasteiger partial charge in [-0.05, 0) is 61.6 Å². The number of aryl methyl sites for hydroxylation is 2. The smallest absolute Gasteiger partial charge is 0.262 e. The highest BCUT2D eigenvalue weighted by Crippen LogP contribution is 2.27. The van der Waals surface area contributed by atoms with Gasteiger partial charge in [-0.15, -0.1) is 0 Å². The van der Waals surface area contributed by atoms with Crippen molar-refractivity contribution in [2.75, 3.05) is 18.5 Å². The maximum Gasteiger partial charge on any atom is 0.262 e. The van der Waals surface area contributed by atoms with Crippen LogP contribution in [0.3, 0.4) is 0 Å². The van der Waals surface area contributed by atoms with E-state index in [0.29, 0.717) is 18.2 Å². The molecule has 140 valence electrons. The van der Waals surface area contributed by atoms with Crippen LogP contribution < -0.4 is 14.8 Å². The zero-order valence-electron chi connectivity index (χ0n) is 15.8. The Morgan fingerprint density at radius 2 is 1.81 bits per heavy atom. The summed E-state index contributed by atoms with van der Waals surface area (Å²) < 4.78 is 12.4. The topological polar surface area (TPSA) is 47.6 Å². The normalized spacial score (nSPS) is 10.7. The van der Waals surface area contributed by atoms with Gasteiger partial charge in [0.25, 0.3) is 5.91 Å². The lowest BCUT2D eigenvalue weighted by atomic mass is 10.1. The molecular formula is C21H26BrNO3. The fourth-order valence-electron chi connectivity index (χ4n) is 2.54. The van der Waals surface area contributed by atoms with Gasteiger partial charge in [-0.3, -0.25) is 4.79 Å². The van der Waals surface area contributed by atoms with E-state index < -0.39 is 0 Å². The molecule has 0 fully saturated rings. The number of hydrogen-bond acceptors (Lipinski definition) is 3. The van der Waals surface area contributed by atoms with Gasteiger partial charge >= 0.3 is 0 Å². The highest BCUT2D eigenvalue weighted by atomic mass is 79.9. The van der Waals surface area contributed by atoms with E-state index in [-0.39, 0.29) is 12.5 Å². The van der Waals surface area contributed by atoms with E-state index in [4.69, 9.17) is 9.47 Å². The largest absolute Gasteiger partial charge is 0.494 e. The molecule has 2 rings (SSSR count). The molecule has 1 amide bonds. The van der Waals surface area contributed by atoms with Crippen molar-refractivity contribution in [1.82, 2.24) is 0 Å². The maximum atomic E-state index is 12.2. The average molecular weight is 420 g/mol. The lowest BCUT2D eigenvalue weighted by molar-refractivity contribution is -0.118. The SMILES string of the molecule is Cc1cc(Br)cc(C)c1OCC(=O)Nc1cccc(OCCC(C)C)c1. The zero-order valence-corrected chi connectivity index (χ0v) is 17.4. The number of nitrogens with one attached hydrogen (secondary N) is 1. The average Bonchev–Trinajstić information content (AvgIpc) is 2.53. The first kappa shape index (κ1) is 20.3. The molecule has 0 heterocycles. The van der Waals surface area contributed by atoms with Crippen LogP contribution in [0.15, 0.2) is 40.9 Å². The van der Waals surface area contributed by atoms with Gasteiger partial charge in [0.15, 0.2) is 6.61 Å². The molecule has 4 nitrogen and oxygen atoms in total. The molecule has 0 spiro atoms. The minimum absolute atomic E-state index is 0.0399.